The van der Waals surface area contributed by atoms with Gasteiger partial charge in [-0.3, -0.25) is 0 Å². The third kappa shape index (κ3) is 2.21. The highest BCUT2D eigenvalue weighted by atomic mass is 16.5. The molecule has 0 saturated carbocycles. The van der Waals surface area contributed by atoms with Crippen LogP contribution < -0.4 is 5.73 Å². The van der Waals surface area contributed by atoms with Gasteiger partial charge >= 0.3 is 0 Å². The Morgan fingerprint density at radius 2 is 2.47 bits per heavy atom. The molecule has 1 aromatic rings. The van der Waals surface area contributed by atoms with Crippen LogP contribution in [0, 0.1) is 0 Å². The van der Waals surface area contributed by atoms with E-state index in [0.717, 1.165) is 31.0 Å². The van der Waals surface area contributed by atoms with E-state index in [-0.39, 0.29) is 0 Å². The molecule has 0 aromatic carbocycles. The summed E-state index contributed by atoms with van der Waals surface area (Å²) < 4.78 is 5.31. The largest absolute Gasteiger partial charge is 0.361 e. The lowest BCUT2D eigenvalue weighted by Gasteiger charge is -2.19. The lowest BCUT2D eigenvalue weighted by atomic mass is 10.1. The Kier molecular flexibility index (Phi) is 3.07. The van der Waals surface area contributed by atoms with Gasteiger partial charge in [-0.1, -0.05) is 5.16 Å². The normalized spacial score (nSPS) is 22.8. The Morgan fingerprint density at radius 1 is 1.67 bits per heavy atom. The van der Waals surface area contributed by atoms with Crippen molar-refractivity contribution in [2.75, 3.05) is 13.1 Å². The van der Waals surface area contributed by atoms with Crippen LogP contribution in [0.5, 0.6) is 0 Å². The molecule has 0 aliphatic carbocycles. The maximum absolute atomic E-state index is 5.50. The molecule has 1 saturated heterocycles. The summed E-state index contributed by atoms with van der Waals surface area (Å²) in [6, 6.07) is 2.61. The van der Waals surface area contributed by atoms with E-state index in [4.69, 9.17) is 10.3 Å². The quantitative estimate of drug-likeness (QED) is 0.816. The van der Waals surface area contributed by atoms with Gasteiger partial charge in [0.05, 0.1) is 5.69 Å². The van der Waals surface area contributed by atoms with E-state index in [1.54, 1.807) is 0 Å². The summed E-state index contributed by atoms with van der Waals surface area (Å²) in [5, 5.41) is 3.93. The maximum Gasteiger partial charge on any atom is 0.141 e. The van der Waals surface area contributed by atoms with Gasteiger partial charge < -0.3 is 15.2 Å². The summed E-state index contributed by atoms with van der Waals surface area (Å²) in [6.45, 7) is 7.16. The highest BCUT2D eigenvalue weighted by Crippen LogP contribution is 2.28. The molecular formula is C11H19N3O. The van der Waals surface area contributed by atoms with Crippen LogP contribution in [-0.2, 0) is 6.54 Å². The highest BCUT2D eigenvalue weighted by molar-refractivity contribution is 5.12. The van der Waals surface area contributed by atoms with Gasteiger partial charge in [0, 0.05) is 31.1 Å². The second-order valence-electron chi connectivity index (χ2n) is 4.50. The minimum absolute atomic E-state index is 0.462. The first-order valence-electron chi connectivity index (χ1n) is 5.60. The Hall–Kier alpha value is -0.870. The molecule has 1 aromatic heterocycles. The number of likely N-dealkylation sites (tertiary alicyclic amines) is 1. The van der Waals surface area contributed by atoms with Crippen LogP contribution >= 0.6 is 0 Å². The van der Waals surface area contributed by atoms with Gasteiger partial charge in [-0.2, -0.15) is 0 Å². The zero-order valence-electron chi connectivity index (χ0n) is 9.44. The first kappa shape index (κ1) is 10.6. The van der Waals surface area contributed by atoms with Crippen LogP contribution in [0.2, 0.25) is 0 Å². The Labute approximate surface area is 90.4 Å². The monoisotopic (exact) mass is 209 g/mol. The summed E-state index contributed by atoms with van der Waals surface area (Å²) in [5.74, 6) is 1.50. The van der Waals surface area contributed by atoms with Crippen molar-refractivity contribution in [1.82, 2.24) is 10.1 Å². The van der Waals surface area contributed by atoms with Gasteiger partial charge in [-0.25, -0.2) is 0 Å². The Bertz CT molecular complexity index is 321. The molecule has 2 rings (SSSR count). The SMILES string of the molecule is CC(C)N1CCC(c2cc(CN)no2)C1. The van der Waals surface area contributed by atoms with Crippen molar-refractivity contribution in [1.29, 1.82) is 0 Å². The van der Waals surface area contributed by atoms with Gasteiger partial charge in [0.15, 0.2) is 0 Å². The number of hydrogen-bond acceptors (Lipinski definition) is 4. The average molecular weight is 209 g/mol. The molecule has 2 N–H and O–H groups in total. The summed E-state index contributed by atoms with van der Waals surface area (Å²) in [5.41, 5.74) is 6.36. The fraction of sp³-hybridized carbons (Fsp3) is 0.727. The van der Waals surface area contributed by atoms with Crippen molar-refractivity contribution in [3.05, 3.63) is 17.5 Å². The van der Waals surface area contributed by atoms with Crippen LogP contribution in [0.1, 0.15) is 37.6 Å². The number of aromatic nitrogens is 1. The summed E-state index contributed by atoms with van der Waals surface area (Å²) >= 11 is 0. The van der Waals surface area contributed by atoms with Crippen LogP contribution in [-0.4, -0.2) is 29.2 Å². The molecule has 2 heterocycles. The third-order valence-electron chi connectivity index (χ3n) is 3.14. The van der Waals surface area contributed by atoms with E-state index >= 15 is 0 Å². The van der Waals surface area contributed by atoms with Crippen molar-refractivity contribution in [3.63, 3.8) is 0 Å². The molecule has 4 nitrogen and oxygen atoms in total. The molecule has 4 heteroatoms. The van der Waals surface area contributed by atoms with Crippen LogP contribution in [0.25, 0.3) is 0 Å². The van der Waals surface area contributed by atoms with Crippen molar-refractivity contribution in [2.24, 2.45) is 5.73 Å². The molecule has 1 aliphatic rings. The molecular weight excluding hydrogens is 190 g/mol. The molecule has 1 atom stereocenters. The van der Waals surface area contributed by atoms with E-state index in [1.165, 1.54) is 0 Å². The van der Waals surface area contributed by atoms with Crippen molar-refractivity contribution in [2.45, 2.75) is 38.8 Å². The standard InChI is InChI=1S/C11H19N3O/c1-8(2)14-4-3-9(7-14)11-5-10(6-12)13-15-11/h5,8-9H,3-4,6-7,12H2,1-2H3. The van der Waals surface area contributed by atoms with Crippen molar-refractivity contribution < 1.29 is 4.52 Å². The number of rotatable bonds is 3. The van der Waals surface area contributed by atoms with E-state index in [2.05, 4.69) is 23.9 Å². The molecule has 0 amide bonds. The van der Waals surface area contributed by atoms with Gasteiger partial charge in [0.2, 0.25) is 0 Å². The van der Waals surface area contributed by atoms with Crippen LogP contribution in [0.4, 0.5) is 0 Å². The number of nitrogens with zero attached hydrogens (tertiary/aromatic N) is 2. The summed E-state index contributed by atoms with van der Waals surface area (Å²) in [4.78, 5) is 2.47. The molecule has 84 valence electrons. The molecule has 1 fully saturated rings. The van der Waals surface area contributed by atoms with E-state index in [9.17, 15) is 0 Å². The predicted octanol–water partition coefficient (Wildman–Crippen LogP) is 1.33. The maximum atomic E-state index is 5.50. The van der Waals surface area contributed by atoms with Crippen molar-refractivity contribution in [3.8, 4) is 0 Å². The fourth-order valence-corrected chi connectivity index (χ4v) is 2.11. The highest BCUT2D eigenvalue weighted by Gasteiger charge is 2.28. The van der Waals surface area contributed by atoms with Gasteiger partial charge in [-0.05, 0) is 26.8 Å². The summed E-state index contributed by atoms with van der Waals surface area (Å²) in [7, 11) is 0. The third-order valence-corrected chi connectivity index (χ3v) is 3.14. The summed E-state index contributed by atoms with van der Waals surface area (Å²) in [6.07, 6.45) is 1.16. The van der Waals surface area contributed by atoms with Crippen molar-refractivity contribution >= 4 is 0 Å². The fourth-order valence-electron chi connectivity index (χ4n) is 2.11. The number of nitrogens with two attached hydrogens (primary N) is 1. The lowest BCUT2D eigenvalue weighted by molar-refractivity contribution is 0.266. The topological polar surface area (TPSA) is 55.3 Å². The first-order chi connectivity index (χ1) is 7.20. The van der Waals surface area contributed by atoms with Gasteiger partial charge in [-0.15, -0.1) is 0 Å². The predicted molar refractivity (Wildman–Crippen MR) is 58.5 cm³/mol. The molecule has 1 aliphatic heterocycles. The minimum atomic E-state index is 0.462. The van der Waals surface area contributed by atoms with E-state index in [0.29, 0.717) is 18.5 Å². The molecule has 0 radical (unpaired) electrons. The lowest BCUT2D eigenvalue weighted by Crippen LogP contribution is -2.27. The van der Waals surface area contributed by atoms with E-state index in [1.807, 2.05) is 6.07 Å². The van der Waals surface area contributed by atoms with E-state index < -0.39 is 0 Å². The molecule has 1 unspecified atom stereocenters. The second kappa shape index (κ2) is 4.33. The molecule has 0 bridgehead atoms. The Balaban J connectivity index is 2.01. The Morgan fingerprint density at radius 3 is 3.00 bits per heavy atom. The minimum Gasteiger partial charge on any atom is -0.361 e. The van der Waals surface area contributed by atoms with Crippen LogP contribution in [0.15, 0.2) is 10.6 Å². The first-order valence-corrected chi connectivity index (χ1v) is 5.60. The average Bonchev–Trinajstić information content (AvgIpc) is 2.86. The smallest absolute Gasteiger partial charge is 0.141 e. The van der Waals surface area contributed by atoms with Crippen LogP contribution in [0.3, 0.4) is 0 Å². The second-order valence-corrected chi connectivity index (χ2v) is 4.50. The molecule has 15 heavy (non-hydrogen) atoms. The zero-order chi connectivity index (χ0) is 10.8. The van der Waals surface area contributed by atoms with Gasteiger partial charge in [0.25, 0.3) is 0 Å². The zero-order valence-corrected chi connectivity index (χ0v) is 9.44. The molecule has 0 spiro atoms. The van der Waals surface area contributed by atoms with Gasteiger partial charge in [0.1, 0.15) is 5.76 Å². The number of hydrogen-bond donors (Lipinski definition) is 1.